The molecule has 0 saturated heterocycles. The molecule has 2 N–H and O–H groups in total. The molecule has 0 amide bonds. The van der Waals surface area contributed by atoms with Crippen molar-refractivity contribution in [3.05, 3.63) is 71.1 Å². The third-order valence-corrected chi connectivity index (χ3v) is 3.52. The van der Waals surface area contributed by atoms with E-state index in [9.17, 15) is 13.2 Å². The lowest BCUT2D eigenvalue weighted by molar-refractivity contribution is 0.473. The second kappa shape index (κ2) is 6.42. The number of fused-ring (bicyclic) bond motifs is 1. The Kier molecular flexibility index (Phi) is 4.59. The number of phenols is 1. The summed E-state index contributed by atoms with van der Waals surface area (Å²) in [5.74, 6) is 0.0943. The first kappa shape index (κ1) is 15.7. The Labute approximate surface area is 126 Å². The predicted octanol–water partition coefficient (Wildman–Crippen LogP) is 2.43. The molecule has 0 bridgehead atoms. The number of aromatic hydroxyl groups is 1. The zero-order chi connectivity index (χ0) is 16.2. The van der Waals surface area contributed by atoms with Crippen molar-refractivity contribution >= 4 is 21.1 Å². The highest BCUT2D eigenvalue weighted by molar-refractivity contribution is 7.85. The van der Waals surface area contributed by atoms with Crippen LogP contribution in [-0.4, -0.2) is 18.1 Å². The van der Waals surface area contributed by atoms with E-state index in [0.29, 0.717) is 5.58 Å². The molecule has 3 rings (SSSR count). The zero-order valence-corrected chi connectivity index (χ0v) is 12.0. The van der Waals surface area contributed by atoms with E-state index in [0.717, 1.165) is 5.39 Å². The molecule has 0 aliphatic rings. The molecule has 0 aliphatic heterocycles. The van der Waals surface area contributed by atoms with Crippen LogP contribution in [0.4, 0.5) is 0 Å². The van der Waals surface area contributed by atoms with Gasteiger partial charge in [-0.25, -0.2) is 4.79 Å². The van der Waals surface area contributed by atoms with Gasteiger partial charge in [-0.05, 0) is 30.3 Å². The van der Waals surface area contributed by atoms with Gasteiger partial charge in [-0.15, -0.1) is 0 Å². The van der Waals surface area contributed by atoms with E-state index in [1.807, 2.05) is 0 Å². The van der Waals surface area contributed by atoms with Crippen LogP contribution in [0.15, 0.2) is 74.8 Å². The van der Waals surface area contributed by atoms with Crippen LogP contribution in [0.5, 0.6) is 5.75 Å². The zero-order valence-electron chi connectivity index (χ0n) is 11.2. The Bertz CT molecular complexity index is 929. The van der Waals surface area contributed by atoms with Gasteiger partial charge < -0.3 is 9.52 Å². The van der Waals surface area contributed by atoms with Gasteiger partial charge in [0.15, 0.2) is 0 Å². The summed E-state index contributed by atoms with van der Waals surface area (Å²) >= 11 is 0. The van der Waals surface area contributed by atoms with Crippen LogP contribution in [0.2, 0.25) is 0 Å². The summed E-state index contributed by atoms with van der Waals surface area (Å²) in [6, 6.07) is 15.1. The van der Waals surface area contributed by atoms with E-state index < -0.39 is 15.7 Å². The Morgan fingerprint density at radius 2 is 1.55 bits per heavy atom. The van der Waals surface area contributed by atoms with Gasteiger partial charge in [-0.2, -0.15) is 8.42 Å². The maximum absolute atomic E-state index is 10.7. The van der Waals surface area contributed by atoms with Crippen LogP contribution >= 0.6 is 0 Å². The lowest BCUT2D eigenvalue weighted by atomic mass is 10.2. The molecular weight excluding hydrogens is 308 g/mol. The summed E-state index contributed by atoms with van der Waals surface area (Å²) in [6.07, 6.45) is 0. The molecular formula is C15H12O6S. The molecule has 114 valence electrons. The van der Waals surface area contributed by atoms with Crippen LogP contribution in [-0.2, 0) is 10.1 Å². The molecule has 3 aromatic rings. The lowest BCUT2D eigenvalue weighted by Crippen LogP contribution is -1.96. The van der Waals surface area contributed by atoms with Gasteiger partial charge in [-0.1, -0.05) is 18.2 Å². The van der Waals surface area contributed by atoms with Gasteiger partial charge in [0.05, 0.1) is 4.90 Å². The highest BCUT2D eigenvalue weighted by Gasteiger charge is 2.05. The first-order valence-corrected chi connectivity index (χ1v) is 7.56. The summed E-state index contributed by atoms with van der Waals surface area (Å²) < 4.78 is 34.1. The molecule has 1 heterocycles. The molecule has 6 nitrogen and oxygen atoms in total. The molecule has 22 heavy (non-hydrogen) atoms. The molecule has 7 heteroatoms. The van der Waals surface area contributed by atoms with Gasteiger partial charge in [0.25, 0.3) is 10.1 Å². The van der Waals surface area contributed by atoms with Gasteiger partial charge >= 0.3 is 5.63 Å². The summed E-state index contributed by atoms with van der Waals surface area (Å²) in [4.78, 5) is 10.7. The predicted molar refractivity (Wildman–Crippen MR) is 80.4 cm³/mol. The topological polar surface area (TPSA) is 105 Å². The summed E-state index contributed by atoms with van der Waals surface area (Å²) in [5, 5.41) is 9.86. The minimum Gasteiger partial charge on any atom is -0.508 e. The molecule has 0 atom stereocenters. The average Bonchev–Trinajstić information content (AvgIpc) is 2.47. The SMILES string of the molecule is O=S(=O)(O)c1ccccc1.O=c1ccc2ccc(O)cc2o1. The fourth-order valence-electron chi connectivity index (χ4n) is 1.64. The molecule has 2 aromatic carbocycles. The molecule has 1 aromatic heterocycles. The van der Waals surface area contributed by atoms with Crippen LogP contribution in [0.1, 0.15) is 0 Å². The van der Waals surface area contributed by atoms with Crippen molar-refractivity contribution in [2.24, 2.45) is 0 Å². The van der Waals surface area contributed by atoms with E-state index in [2.05, 4.69) is 0 Å². The van der Waals surface area contributed by atoms with Gasteiger partial charge in [0.1, 0.15) is 11.3 Å². The van der Waals surface area contributed by atoms with Gasteiger partial charge in [0.2, 0.25) is 0 Å². The third kappa shape index (κ3) is 4.18. The lowest BCUT2D eigenvalue weighted by Gasteiger charge is -1.94. The van der Waals surface area contributed by atoms with E-state index in [1.54, 1.807) is 36.4 Å². The van der Waals surface area contributed by atoms with Crippen LogP contribution < -0.4 is 5.63 Å². The maximum Gasteiger partial charge on any atom is 0.336 e. The van der Waals surface area contributed by atoms with Gasteiger partial charge in [0, 0.05) is 17.5 Å². The number of phenolic OH excluding ortho intramolecular Hbond substituents is 1. The number of hydrogen-bond donors (Lipinski definition) is 2. The van der Waals surface area contributed by atoms with Gasteiger partial charge in [-0.3, -0.25) is 4.55 Å². The second-order valence-electron chi connectivity index (χ2n) is 4.26. The van der Waals surface area contributed by atoms with Crippen molar-refractivity contribution < 1.29 is 22.5 Å². The Balaban J connectivity index is 0.000000164. The fourth-order valence-corrected chi connectivity index (χ4v) is 2.14. The number of rotatable bonds is 1. The summed E-state index contributed by atoms with van der Waals surface area (Å²) in [6.45, 7) is 0. The molecule has 0 radical (unpaired) electrons. The molecule has 0 fully saturated rings. The van der Waals surface area contributed by atoms with Crippen molar-refractivity contribution in [3.8, 4) is 5.75 Å². The van der Waals surface area contributed by atoms with E-state index in [4.69, 9.17) is 14.1 Å². The molecule has 0 aliphatic carbocycles. The van der Waals surface area contributed by atoms with Crippen molar-refractivity contribution in [1.29, 1.82) is 0 Å². The molecule has 0 saturated carbocycles. The first-order chi connectivity index (χ1) is 10.4. The summed E-state index contributed by atoms with van der Waals surface area (Å²) in [7, 11) is -4.00. The Hall–Kier alpha value is -2.64. The average molecular weight is 320 g/mol. The number of benzene rings is 2. The van der Waals surface area contributed by atoms with Crippen molar-refractivity contribution in [3.63, 3.8) is 0 Å². The first-order valence-electron chi connectivity index (χ1n) is 6.12. The van der Waals surface area contributed by atoms with Crippen LogP contribution in [0.25, 0.3) is 11.0 Å². The largest absolute Gasteiger partial charge is 0.508 e. The quantitative estimate of drug-likeness (QED) is 0.527. The second-order valence-corrected chi connectivity index (χ2v) is 5.69. The highest BCUT2D eigenvalue weighted by Crippen LogP contribution is 2.17. The minimum absolute atomic E-state index is 0.0741. The minimum atomic E-state index is -4.00. The van der Waals surface area contributed by atoms with E-state index in [1.165, 1.54) is 24.3 Å². The third-order valence-electron chi connectivity index (χ3n) is 2.65. The maximum atomic E-state index is 10.7. The van der Waals surface area contributed by atoms with E-state index in [-0.39, 0.29) is 10.6 Å². The van der Waals surface area contributed by atoms with Crippen molar-refractivity contribution in [2.45, 2.75) is 4.90 Å². The molecule has 0 unspecified atom stereocenters. The van der Waals surface area contributed by atoms with Crippen LogP contribution in [0.3, 0.4) is 0 Å². The number of hydrogen-bond acceptors (Lipinski definition) is 5. The standard InChI is InChI=1S/C9H6O3.C6H6O3S/c10-7-3-1-6-2-4-9(11)12-8(6)5-7;7-10(8,9)6-4-2-1-3-5-6/h1-5,10H;1-5H,(H,7,8,9). The fraction of sp³-hybridized carbons (Fsp3) is 0. The summed E-state index contributed by atoms with van der Waals surface area (Å²) in [5.41, 5.74) is -0.00407. The van der Waals surface area contributed by atoms with E-state index >= 15 is 0 Å². The van der Waals surface area contributed by atoms with Crippen LogP contribution in [0, 0.1) is 0 Å². The smallest absolute Gasteiger partial charge is 0.336 e. The Morgan fingerprint density at radius 1 is 0.909 bits per heavy atom. The monoisotopic (exact) mass is 320 g/mol. The van der Waals surface area contributed by atoms with Crippen molar-refractivity contribution in [2.75, 3.05) is 0 Å². The molecule has 0 spiro atoms. The Morgan fingerprint density at radius 3 is 2.14 bits per heavy atom. The normalized spacial score (nSPS) is 10.8. The van der Waals surface area contributed by atoms with Crippen molar-refractivity contribution in [1.82, 2.24) is 0 Å². The highest BCUT2D eigenvalue weighted by atomic mass is 32.2.